The summed E-state index contributed by atoms with van der Waals surface area (Å²) in [6.07, 6.45) is 0.837. The van der Waals surface area contributed by atoms with Crippen LogP contribution in [0.5, 0.6) is 0 Å². The standard InChI is InChI=1S/C15H19N3O2S/c1-5-13-10-15(17-11(2)16-13)12-6-8-14(9-7-12)21(19,20)18(3)4/h6-10H,5H2,1-4H3. The van der Waals surface area contributed by atoms with E-state index in [0.717, 1.165) is 23.4 Å². The van der Waals surface area contributed by atoms with E-state index in [1.165, 1.54) is 18.4 Å². The summed E-state index contributed by atoms with van der Waals surface area (Å²) in [6, 6.07) is 8.69. The summed E-state index contributed by atoms with van der Waals surface area (Å²) in [5, 5.41) is 0. The van der Waals surface area contributed by atoms with Crippen molar-refractivity contribution in [1.29, 1.82) is 0 Å². The molecule has 2 rings (SSSR count). The molecule has 6 heteroatoms. The lowest BCUT2D eigenvalue weighted by molar-refractivity contribution is 0.521. The van der Waals surface area contributed by atoms with Crippen LogP contribution in [0.25, 0.3) is 11.3 Å². The zero-order chi connectivity index (χ0) is 15.6. The predicted octanol–water partition coefficient (Wildman–Crippen LogP) is 2.26. The first kappa shape index (κ1) is 15.6. The van der Waals surface area contributed by atoms with Gasteiger partial charge in [0.1, 0.15) is 5.82 Å². The summed E-state index contributed by atoms with van der Waals surface area (Å²) >= 11 is 0. The van der Waals surface area contributed by atoms with E-state index < -0.39 is 10.0 Å². The number of hydrogen-bond acceptors (Lipinski definition) is 4. The van der Waals surface area contributed by atoms with Gasteiger partial charge in [0.25, 0.3) is 0 Å². The number of rotatable bonds is 4. The summed E-state index contributed by atoms with van der Waals surface area (Å²) in [5.41, 5.74) is 2.67. The van der Waals surface area contributed by atoms with Crippen molar-refractivity contribution in [2.75, 3.05) is 14.1 Å². The molecule has 0 saturated heterocycles. The predicted molar refractivity (Wildman–Crippen MR) is 82.5 cm³/mol. The summed E-state index contributed by atoms with van der Waals surface area (Å²) in [4.78, 5) is 9.03. The fraction of sp³-hybridized carbons (Fsp3) is 0.333. The normalized spacial score (nSPS) is 11.9. The minimum atomic E-state index is -3.40. The second-order valence-electron chi connectivity index (χ2n) is 4.96. The van der Waals surface area contributed by atoms with Crippen LogP contribution in [-0.4, -0.2) is 36.8 Å². The molecule has 112 valence electrons. The maximum absolute atomic E-state index is 12.0. The Morgan fingerprint density at radius 2 is 1.71 bits per heavy atom. The van der Waals surface area contributed by atoms with Crippen molar-refractivity contribution in [1.82, 2.24) is 14.3 Å². The Morgan fingerprint density at radius 3 is 2.24 bits per heavy atom. The van der Waals surface area contributed by atoms with E-state index in [0.29, 0.717) is 5.82 Å². The molecule has 0 aliphatic rings. The van der Waals surface area contributed by atoms with E-state index in [4.69, 9.17) is 0 Å². The highest BCUT2D eigenvalue weighted by atomic mass is 32.2. The Morgan fingerprint density at radius 1 is 1.10 bits per heavy atom. The van der Waals surface area contributed by atoms with E-state index in [9.17, 15) is 8.42 Å². The van der Waals surface area contributed by atoms with Crippen molar-refractivity contribution in [2.24, 2.45) is 0 Å². The minimum Gasteiger partial charge on any atom is -0.238 e. The van der Waals surface area contributed by atoms with Crippen molar-refractivity contribution in [2.45, 2.75) is 25.2 Å². The van der Waals surface area contributed by atoms with Crippen LogP contribution >= 0.6 is 0 Å². The molecular weight excluding hydrogens is 286 g/mol. The molecule has 1 heterocycles. The largest absolute Gasteiger partial charge is 0.242 e. The highest BCUT2D eigenvalue weighted by molar-refractivity contribution is 7.89. The van der Waals surface area contributed by atoms with E-state index >= 15 is 0 Å². The molecular formula is C15H19N3O2S. The molecule has 1 aromatic carbocycles. The van der Waals surface area contributed by atoms with Crippen LogP contribution in [-0.2, 0) is 16.4 Å². The van der Waals surface area contributed by atoms with Crippen molar-refractivity contribution in [3.63, 3.8) is 0 Å². The molecule has 0 saturated carbocycles. The van der Waals surface area contributed by atoms with Gasteiger partial charge in [0.15, 0.2) is 0 Å². The zero-order valence-electron chi connectivity index (χ0n) is 12.7. The molecule has 0 unspecified atom stereocenters. The first-order valence-electron chi connectivity index (χ1n) is 6.72. The Bertz CT molecular complexity index is 738. The molecule has 0 radical (unpaired) electrons. The van der Waals surface area contributed by atoms with Gasteiger partial charge < -0.3 is 0 Å². The first-order chi connectivity index (χ1) is 9.84. The maximum atomic E-state index is 12.0. The van der Waals surface area contributed by atoms with Crippen molar-refractivity contribution in [3.8, 4) is 11.3 Å². The third kappa shape index (κ3) is 3.28. The van der Waals surface area contributed by atoms with Gasteiger partial charge in [0.2, 0.25) is 10.0 Å². The fourth-order valence-electron chi connectivity index (χ4n) is 1.97. The van der Waals surface area contributed by atoms with Gasteiger partial charge in [-0.15, -0.1) is 0 Å². The Labute approximate surface area is 125 Å². The van der Waals surface area contributed by atoms with Crippen molar-refractivity contribution >= 4 is 10.0 Å². The van der Waals surface area contributed by atoms with Crippen LogP contribution in [0.15, 0.2) is 35.2 Å². The number of benzene rings is 1. The lowest BCUT2D eigenvalue weighted by Crippen LogP contribution is -2.22. The van der Waals surface area contributed by atoms with Gasteiger partial charge >= 0.3 is 0 Å². The van der Waals surface area contributed by atoms with Crippen LogP contribution in [0.4, 0.5) is 0 Å². The Hall–Kier alpha value is -1.79. The number of nitrogens with zero attached hydrogens (tertiary/aromatic N) is 3. The van der Waals surface area contributed by atoms with Gasteiger partial charge in [-0.2, -0.15) is 0 Å². The number of hydrogen-bond donors (Lipinski definition) is 0. The average molecular weight is 305 g/mol. The molecule has 0 aliphatic carbocycles. The summed E-state index contributed by atoms with van der Waals surface area (Å²) in [5.74, 6) is 0.717. The summed E-state index contributed by atoms with van der Waals surface area (Å²) < 4.78 is 25.3. The van der Waals surface area contributed by atoms with E-state index in [1.54, 1.807) is 24.3 Å². The van der Waals surface area contributed by atoms with Crippen LogP contribution in [0, 0.1) is 6.92 Å². The molecule has 5 nitrogen and oxygen atoms in total. The molecule has 0 aliphatic heterocycles. The number of sulfonamides is 1. The average Bonchev–Trinajstić information content (AvgIpc) is 2.46. The molecule has 0 fully saturated rings. The van der Waals surface area contributed by atoms with Crippen LogP contribution in [0.1, 0.15) is 18.4 Å². The van der Waals surface area contributed by atoms with E-state index in [-0.39, 0.29) is 4.90 Å². The van der Waals surface area contributed by atoms with Gasteiger partial charge in [-0.1, -0.05) is 19.1 Å². The lowest BCUT2D eigenvalue weighted by atomic mass is 10.1. The van der Waals surface area contributed by atoms with Gasteiger partial charge in [0.05, 0.1) is 10.6 Å². The molecule has 21 heavy (non-hydrogen) atoms. The first-order valence-corrected chi connectivity index (χ1v) is 8.16. The highest BCUT2D eigenvalue weighted by Gasteiger charge is 2.16. The molecule has 0 bridgehead atoms. The van der Waals surface area contributed by atoms with Crippen LogP contribution in [0.3, 0.4) is 0 Å². The van der Waals surface area contributed by atoms with Crippen LogP contribution < -0.4 is 0 Å². The maximum Gasteiger partial charge on any atom is 0.242 e. The minimum absolute atomic E-state index is 0.276. The zero-order valence-corrected chi connectivity index (χ0v) is 13.5. The molecule has 0 amide bonds. The van der Waals surface area contributed by atoms with Gasteiger partial charge in [-0.25, -0.2) is 22.7 Å². The van der Waals surface area contributed by atoms with Crippen molar-refractivity contribution < 1.29 is 8.42 Å². The second kappa shape index (κ2) is 5.91. The lowest BCUT2D eigenvalue weighted by Gasteiger charge is -2.11. The number of aromatic nitrogens is 2. The summed E-state index contributed by atoms with van der Waals surface area (Å²) in [6.45, 7) is 3.89. The topological polar surface area (TPSA) is 63.2 Å². The molecule has 0 spiro atoms. The molecule has 0 atom stereocenters. The molecule has 2 aromatic rings. The number of aryl methyl sites for hydroxylation is 2. The van der Waals surface area contributed by atoms with E-state index in [1.807, 2.05) is 19.9 Å². The Kier molecular flexibility index (Phi) is 4.39. The fourth-order valence-corrected chi connectivity index (χ4v) is 2.87. The molecule has 1 aromatic heterocycles. The summed E-state index contributed by atoms with van der Waals surface area (Å²) in [7, 11) is -0.359. The third-order valence-electron chi connectivity index (χ3n) is 3.18. The second-order valence-corrected chi connectivity index (χ2v) is 7.11. The quantitative estimate of drug-likeness (QED) is 0.869. The van der Waals surface area contributed by atoms with Gasteiger partial charge in [0, 0.05) is 25.4 Å². The Balaban J connectivity index is 2.42. The molecule has 0 N–H and O–H groups in total. The smallest absolute Gasteiger partial charge is 0.238 e. The SMILES string of the molecule is CCc1cc(-c2ccc(S(=O)(=O)N(C)C)cc2)nc(C)n1. The van der Waals surface area contributed by atoms with Gasteiger partial charge in [-0.3, -0.25) is 0 Å². The highest BCUT2D eigenvalue weighted by Crippen LogP contribution is 2.21. The van der Waals surface area contributed by atoms with Crippen LogP contribution in [0.2, 0.25) is 0 Å². The monoisotopic (exact) mass is 305 g/mol. The van der Waals surface area contributed by atoms with E-state index in [2.05, 4.69) is 9.97 Å². The van der Waals surface area contributed by atoms with Gasteiger partial charge in [-0.05, 0) is 31.5 Å². The third-order valence-corrected chi connectivity index (χ3v) is 5.01. The van der Waals surface area contributed by atoms with Crippen molar-refractivity contribution in [3.05, 3.63) is 41.9 Å².